The van der Waals surface area contributed by atoms with Crippen molar-refractivity contribution in [2.45, 2.75) is 25.7 Å². The van der Waals surface area contributed by atoms with Crippen LogP contribution in [-0.4, -0.2) is 10.8 Å². The molecule has 0 spiro atoms. The van der Waals surface area contributed by atoms with Gasteiger partial charge in [0.1, 0.15) is 5.82 Å². The molecular formula is C16H17N3O. The van der Waals surface area contributed by atoms with E-state index in [0.29, 0.717) is 12.0 Å². The first-order valence-corrected chi connectivity index (χ1v) is 6.92. The lowest BCUT2D eigenvalue weighted by Crippen LogP contribution is -2.31. The van der Waals surface area contributed by atoms with E-state index in [2.05, 4.69) is 34.1 Å². The van der Waals surface area contributed by atoms with Gasteiger partial charge in [-0.25, -0.2) is 4.98 Å². The third-order valence-electron chi connectivity index (χ3n) is 3.41. The number of carbonyl (C=O) groups is 1. The van der Waals surface area contributed by atoms with E-state index in [9.17, 15) is 4.79 Å². The molecule has 1 aromatic rings. The number of anilines is 1. The number of hydrogen-bond donors (Lipinski definition) is 2. The standard InChI is InChI=1S/C16H17N3O/c20-15-8-4-2-6-13(15)11-17-19-16-10-9-12-5-1-3-7-14(12)18-16/h2,5-7,9-11,17H,1,3-4,8H2,(H,18,19). The van der Waals surface area contributed by atoms with Gasteiger partial charge in [-0.3, -0.25) is 10.2 Å². The van der Waals surface area contributed by atoms with Gasteiger partial charge >= 0.3 is 0 Å². The number of pyridine rings is 1. The molecule has 0 aromatic carbocycles. The van der Waals surface area contributed by atoms with Crippen LogP contribution in [0.5, 0.6) is 0 Å². The molecule has 0 unspecified atom stereocenters. The molecular weight excluding hydrogens is 250 g/mol. The molecule has 3 rings (SSSR count). The lowest BCUT2D eigenvalue weighted by atomic mass is 10.0. The molecule has 102 valence electrons. The smallest absolute Gasteiger partial charge is 0.164 e. The van der Waals surface area contributed by atoms with E-state index in [-0.39, 0.29) is 5.78 Å². The van der Waals surface area contributed by atoms with Gasteiger partial charge < -0.3 is 5.43 Å². The summed E-state index contributed by atoms with van der Waals surface area (Å²) in [5.74, 6) is 0.919. The van der Waals surface area contributed by atoms with Crippen molar-refractivity contribution < 1.29 is 4.79 Å². The summed E-state index contributed by atoms with van der Waals surface area (Å²) in [6.07, 6.45) is 13.4. The van der Waals surface area contributed by atoms with E-state index in [4.69, 9.17) is 0 Å². The zero-order chi connectivity index (χ0) is 13.8. The number of fused-ring (bicyclic) bond motifs is 1. The Labute approximate surface area is 117 Å². The highest BCUT2D eigenvalue weighted by Gasteiger charge is 2.09. The predicted octanol–water partition coefficient (Wildman–Crippen LogP) is 1.16. The van der Waals surface area contributed by atoms with E-state index < -0.39 is 0 Å². The summed E-state index contributed by atoms with van der Waals surface area (Å²) in [5.41, 5.74) is 6.64. The molecule has 0 radical (unpaired) electrons. The monoisotopic (exact) mass is 267 g/mol. The van der Waals surface area contributed by atoms with E-state index in [1.54, 1.807) is 6.20 Å². The second-order valence-electron chi connectivity index (χ2n) is 4.89. The number of nitrogens with zero attached hydrogens (tertiary/aromatic N) is 1. The van der Waals surface area contributed by atoms with Crippen LogP contribution < -0.4 is 21.4 Å². The molecule has 0 atom stereocenters. The van der Waals surface area contributed by atoms with Crippen LogP contribution in [0, 0.1) is 0 Å². The SMILES string of the molecule is O=C1CCC=CC1=CNNc1ccc2c(n1)=CCCC=2. The minimum absolute atomic E-state index is 0.170. The largest absolute Gasteiger partial charge is 0.306 e. The number of Topliss-reactive ketones (excluding diaryl/α,β-unsaturated/α-hetero) is 1. The average molecular weight is 267 g/mol. The fourth-order valence-electron chi connectivity index (χ4n) is 2.33. The van der Waals surface area contributed by atoms with Crippen molar-refractivity contribution >= 4 is 23.8 Å². The number of rotatable bonds is 3. The van der Waals surface area contributed by atoms with E-state index >= 15 is 0 Å². The lowest BCUT2D eigenvalue weighted by Gasteiger charge is -2.09. The number of hydrazine groups is 1. The molecule has 20 heavy (non-hydrogen) atoms. The molecule has 0 fully saturated rings. The van der Waals surface area contributed by atoms with Crippen molar-refractivity contribution in [3.05, 3.63) is 46.6 Å². The molecule has 0 bridgehead atoms. The first kappa shape index (κ1) is 12.7. The summed E-state index contributed by atoms with van der Waals surface area (Å²) >= 11 is 0. The van der Waals surface area contributed by atoms with Crippen LogP contribution in [0.3, 0.4) is 0 Å². The number of nitrogens with one attached hydrogen (secondary N) is 2. The first-order valence-electron chi connectivity index (χ1n) is 6.92. The highest BCUT2D eigenvalue weighted by Crippen LogP contribution is 2.11. The molecule has 2 aliphatic carbocycles. The zero-order valence-electron chi connectivity index (χ0n) is 11.2. The minimum atomic E-state index is 0.170. The highest BCUT2D eigenvalue weighted by atomic mass is 16.1. The first-order chi connectivity index (χ1) is 9.83. The third kappa shape index (κ3) is 2.79. The van der Waals surface area contributed by atoms with Gasteiger partial charge in [-0.05, 0) is 36.6 Å². The zero-order valence-corrected chi connectivity index (χ0v) is 11.2. The quantitative estimate of drug-likeness (QED) is 0.637. The molecule has 4 heteroatoms. The second-order valence-corrected chi connectivity index (χ2v) is 4.89. The fraction of sp³-hybridized carbons (Fsp3) is 0.250. The van der Waals surface area contributed by atoms with Crippen LogP contribution in [-0.2, 0) is 4.79 Å². The van der Waals surface area contributed by atoms with Crippen LogP contribution >= 0.6 is 0 Å². The molecule has 1 heterocycles. The summed E-state index contributed by atoms with van der Waals surface area (Å²) in [4.78, 5) is 16.1. The van der Waals surface area contributed by atoms with Gasteiger partial charge in [-0.15, -0.1) is 0 Å². The topological polar surface area (TPSA) is 54.0 Å². The van der Waals surface area contributed by atoms with Gasteiger partial charge in [0.05, 0.1) is 5.35 Å². The Bertz CT molecular complexity index is 701. The van der Waals surface area contributed by atoms with Crippen molar-refractivity contribution in [2.75, 3.05) is 5.43 Å². The maximum absolute atomic E-state index is 11.6. The van der Waals surface area contributed by atoms with Gasteiger partial charge in [0.15, 0.2) is 5.78 Å². The normalized spacial score (nSPS) is 19.0. The Hall–Kier alpha value is -2.36. The van der Waals surface area contributed by atoms with Gasteiger partial charge in [-0.1, -0.05) is 24.3 Å². The average Bonchev–Trinajstić information content (AvgIpc) is 2.49. The highest BCUT2D eigenvalue weighted by molar-refractivity contribution is 5.98. The molecule has 0 saturated heterocycles. The van der Waals surface area contributed by atoms with Gasteiger partial charge in [0.25, 0.3) is 0 Å². The van der Waals surface area contributed by atoms with Crippen LogP contribution in [0.2, 0.25) is 0 Å². The summed E-state index contributed by atoms with van der Waals surface area (Å²) in [6.45, 7) is 0. The second kappa shape index (κ2) is 5.74. The van der Waals surface area contributed by atoms with Crippen molar-refractivity contribution in [3.8, 4) is 0 Å². The Morgan fingerprint density at radius 2 is 2.05 bits per heavy atom. The van der Waals surface area contributed by atoms with Crippen molar-refractivity contribution in [1.82, 2.24) is 10.4 Å². The van der Waals surface area contributed by atoms with Crippen molar-refractivity contribution in [2.24, 2.45) is 0 Å². The summed E-state index contributed by atoms with van der Waals surface area (Å²) < 4.78 is 0. The third-order valence-corrected chi connectivity index (χ3v) is 3.41. The fourth-order valence-corrected chi connectivity index (χ4v) is 2.33. The molecule has 2 N–H and O–H groups in total. The van der Waals surface area contributed by atoms with Crippen LogP contribution in [0.15, 0.2) is 36.1 Å². The molecule has 2 aliphatic rings. The van der Waals surface area contributed by atoms with Gasteiger partial charge in [0.2, 0.25) is 0 Å². The number of ketones is 1. The van der Waals surface area contributed by atoms with E-state index in [1.165, 1.54) is 5.22 Å². The lowest BCUT2D eigenvalue weighted by molar-refractivity contribution is -0.115. The molecule has 0 saturated carbocycles. The molecule has 1 aromatic heterocycles. The van der Waals surface area contributed by atoms with E-state index in [1.807, 2.05) is 18.2 Å². The number of hydrogen-bond acceptors (Lipinski definition) is 4. The van der Waals surface area contributed by atoms with Gasteiger partial charge in [-0.2, -0.15) is 0 Å². The Kier molecular flexibility index (Phi) is 3.63. The minimum Gasteiger partial charge on any atom is -0.306 e. The Balaban J connectivity index is 1.70. The van der Waals surface area contributed by atoms with Crippen molar-refractivity contribution in [3.63, 3.8) is 0 Å². The predicted molar refractivity (Wildman–Crippen MR) is 79.9 cm³/mol. The Morgan fingerprint density at radius 3 is 2.95 bits per heavy atom. The summed E-state index contributed by atoms with van der Waals surface area (Å²) in [7, 11) is 0. The summed E-state index contributed by atoms with van der Waals surface area (Å²) in [6, 6.07) is 3.99. The number of aromatic nitrogens is 1. The molecule has 0 aliphatic heterocycles. The van der Waals surface area contributed by atoms with Crippen LogP contribution in [0.4, 0.5) is 5.82 Å². The van der Waals surface area contributed by atoms with E-state index in [0.717, 1.165) is 30.4 Å². The van der Waals surface area contributed by atoms with Crippen LogP contribution in [0.1, 0.15) is 25.7 Å². The summed E-state index contributed by atoms with van der Waals surface area (Å²) in [5, 5.41) is 2.20. The maximum atomic E-state index is 11.6. The maximum Gasteiger partial charge on any atom is 0.164 e. The Morgan fingerprint density at radius 1 is 1.15 bits per heavy atom. The van der Waals surface area contributed by atoms with Crippen molar-refractivity contribution in [1.29, 1.82) is 0 Å². The molecule has 4 nitrogen and oxygen atoms in total. The molecule has 0 amide bonds. The van der Waals surface area contributed by atoms with Gasteiger partial charge in [0, 0.05) is 18.2 Å². The van der Waals surface area contributed by atoms with Crippen LogP contribution in [0.25, 0.3) is 12.2 Å². The number of allylic oxidation sites excluding steroid dienone is 3. The number of carbonyl (C=O) groups excluding carboxylic acids is 1.